The molecule has 0 spiro atoms. The van der Waals surface area contributed by atoms with E-state index in [0.717, 1.165) is 16.8 Å². The highest BCUT2D eigenvalue weighted by atomic mass is 16.5. The zero-order chi connectivity index (χ0) is 13.6. The second kappa shape index (κ2) is 5.93. The Balaban J connectivity index is 1.75. The summed E-state index contributed by atoms with van der Waals surface area (Å²) in [5.41, 5.74) is 2.77. The van der Waals surface area contributed by atoms with Crippen LogP contribution in [0.5, 0.6) is 5.88 Å². The molecule has 0 radical (unpaired) electrons. The van der Waals surface area contributed by atoms with Gasteiger partial charge in [-0.15, -0.1) is 0 Å². The van der Waals surface area contributed by atoms with E-state index < -0.39 is 0 Å². The fourth-order valence-electron chi connectivity index (χ4n) is 1.80. The van der Waals surface area contributed by atoms with Gasteiger partial charge in [-0.25, -0.2) is 4.98 Å². The Kier molecular flexibility index (Phi) is 3.64. The molecule has 4 heteroatoms. The average Bonchev–Trinajstić information content (AvgIpc) is 2.55. The predicted octanol–water partition coefficient (Wildman–Crippen LogP) is 3.12. The number of hydrogen-bond donors (Lipinski definition) is 0. The van der Waals surface area contributed by atoms with Gasteiger partial charge in [-0.05, 0) is 17.7 Å². The zero-order valence-electron chi connectivity index (χ0n) is 10.8. The molecule has 0 unspecified atom stereocenters. The summed E-state index contributed by atoms with van der Waals surface area (Å²) in [5.74, 6) is 0.509. The minimum atomic E-state index is 0.478. The first-order valence-electron chi connectivity index (χ1n) is 6.31. The Labute approximate surface area is 117 Å². The lowest BCUT2D eigenvalue weighted by Crippen LogP contribution is -1.98. The number of nitrogens with zero attached hydrogens (tertiary/aromatic N) is 3. The summed E-state index contributed by atoms with van der Waals surface area (Å²) in [7, 11) is 0. The third-order valence-corrected chi connectivity index (χ3v) is 2.80. The largest absolute Gasteiger partial charge is 0.472 e. The molecule has 2 heterocycles. The van der Waals surface area contributed by atoms with Crippen molar-refractivity contribution in [3.05, 3.63) is 72.8 Å². The van der Waals surface area contributed by atoms with Crippen LogP contribution in [0.25, 0.3) is 11.3 Å². The molecular weight excluding hydrogens is 250 g/mol. The van der Waals surface area contributed by atoms with Crippen LogP contribution >= 0.6 is 0 Å². The summed E-state index contributed by atoms with van der Waals surface area (Å²) in [5, 5.41) is 0. The van der Waals surface area contributed by atoms with Crippen molar-refractivity contribution in [1.82, 2.24) is 15.0 Å². The molecule has 0 aliphatic rings. The summed E-state index contributed by atoms with van der Waals surface area (Å²) in [6.45, 7) is 0.478. The molecule has 2 aromatic heterocycles. The minimum Gasteiger partial charge on any atom is -0.472 e. The lowest BCUT2D eigenvalue weighted by molar-refractivity contribution is 0.293. The Morgan fingerprint density at radius 1 is 0.850 bits per heavy atom. The molecule has 3 aromatic rings. The summed E-state index contributed by atoms with van der Waals surface area (Å²) in [6, 6.07) is 13.8. The fraction of sp³-hybridized carbons (Fsp3) is 0.0625. The van der Waals surface area contributed by atoms with Crippen molar-refractivity contribution in [1.29, 1.82) is 0 Å². The fourth-order valence-corrected chi connectivity index (χ4v) is 1.80. The normalized spacial score (nSPS) is 10.2. The molecule has 1 aromatic carbocycles. The first kappa shape index (κ1) is 12.3. The van der Waals surface area contributed by atoms with Crippen LogP contribution in [0.3, 0.4) is 0 Å². The number of rotatable bonds is 4. The maximum absolute atomic E-state index is 5.66. The van der Waals surface area contributed by atoms with Crippen molar-refractivity contribution < 1.29 is 4.74 Å². The van der Waals surface area contributed by atoms with Gasteiger partial charge < -0.3 is 4.74 Å². The standard InChI is InChI=1S/C16H13N3O/c1-2-5-13(6-3-1)12-20-16-11-18-10-15(19-16)14-7-4-8-17-9-14/h1-11H,12H2. The third-order valence-electron chi connectivity index (χ3n) is 2.80. The highest BCUT2D eigenvalue weighted by Gasteiger charge is 2.03. The second-order valence-electron chi connectivity index (χ2n) is 4.26. The van der Waals surface area contributed by atoms with Gasteiger partial charge in [0.25, 0.3) is 0 Å². The van der Waals surface area contributed by atoms with Crippen LogP contribution in [-0.4, -0.2) is 15.0 Å². The maximum Gasteiger partial charge on any atom is 0.233 e. The quantitative estimate of drug-likeness (QED) is 0.725. The van der Waals surface area contributed by atoms with E-state index in [0.29, 0.717) is 12.5 Å². The summed E-state index contributed by atoms with van der Waals surface area (Å²) < 4.78 is 5.66. The van der Waals surface area contributed by atoms with Crippen molar-refractivity contribution in [2.75, 3.05) is 0 Å². The van der Waals surface area contributed by atoms with Crippen LogP contribution in [0.2, 0.25) is 0 Å². The van der Waals surface area contributed by atoms with Crippen LogP contribution in [0.1, 0.15) is 5.56 Å². The molecule has 0 fully saturated rings. The van der Waals surface area contributed by atoms with E-state index in [1.807, 2.05) is 42.5 Å². The molecule has 4 nitrogen and oxygen atoms in total. The van der Waals surface area contributed by atoms with Crippen molar-refractivity contribution in [2.45, 2.75) is 6.61 Å². The van der Waals surface area contributed by atoms with E-state index in [4.69, 9.17) is 4.74 Å². The van der Waals surface area contributed by atoms with Gasteiger partial charge in [-0.2, -0.15) is 0 Å². The summed E-state index contributed by atoms with van der Waals surface area (Å²) in [4.78, 5) is 12.7. The average molecular weight is 263 g/mol. The van der Waals surface area contributed by atoms with Gasteiger partial charge in [0.2, 0.25) is 5.88 Å². The molecule has 0 N–H and O–H groups in total. The van der Waals surface area contributed by atoms with E-state index in [9.17, 15) is 0 Å². The molecule has 0 atom stereocenters. The first-order chi connectivity index (χ1) is 9.92. The summed E-state index contributed by atoms with van der Waals surface area (Å²) in [6.07, 6.45) is 6.80. The van der Waals surface area contributed by atoms with E-state index >= 15 is 0 Å². The van der Waals surface area contributed by atoms with Crippen molar-refractivity contribution in [3.63, 3.8) is 0 Å². The molecule has 0 bridgehead atoms. The lowest BCUT2D eigenvalue weighted by Gasteiger charge is -2.06. The Morgan fingerprint density at radius 2 is 1.75 bits per heavy atom. The van der Waals surface area contributed by atoms with E-state index in [1.165, 1.54) is 0 Å². The van der Waals surface area contributed by atoms with Gasteiger partial charge in [-0.1, -0.05) is 30.3 Å². The molecule has 3 rings (SSSR count). The molecule has 0 saturated carbocycles. The molecule has 20 heavy (non-hydrogen) atoms. The molecular formula is C16H13N3O. The molecule has 0 aliphatic carbocycles. The van der Waals surface area contributed by atoms with Gasteiger partial charge in [-0.3, -0.25) is 9.97 Å². The smallest absolute Gasteiger partial charge is 0.233 e. The van der Waals surface area contributed by atoms with Crippen LogP contribution in [0.4, 0.5) is 0 Å². The predicted molar refractivity (Wildman–Crippen MR) is 76.0 cm³/mol. The molecule has 0 aliphatic heterocycles. The van der Waals surface area contributed by atoms with Crippen molar-refractivity contribution in [3.8, 4) is 17.1 Å². The highest BCUT2D eigenvalue weighted by molar-refractivity contribution is 5.56. The SMILES string of the molecule is c1ccc(COc2cncc(-c3cccnc3)n2)cc1. The Morgan fingerprint density at radius 3 is 2.55 bits per heavy atom. The maximum atomic E-state index is 5.66. The molecule has 98 valence electrons. The monoisotopic (exact) mass is 263 g/mol. The lowest BCUT2D eigenvalue weighted by atomic mass is 10.2. The molecule has 0 saturated heterocycles. The van der Waals surface area contributed by atoms with E-state index in [2.05, 4.69) is 15.0 Å². The van der Waals surface area contributed by atoms with Gasteiger partial charge in [0, 0.05) is 18.0 Å². The first-order valence-corrected chi connectivity index (χ1v) is 6.31. The molecule has 0 amide bonds. The third kappa shape index (κ3) is 2.98. The number of ether oxygens (including phenoxy) is 1. The number of aromatic nitrogens is 3. The van der Waals surface area contributed by atoms with Crippen molar-refractivity contribution >= 4 is 0 Å². The highest BCUT2D eigenvalue weighted by Crippen LogP contribution is 2.17. The van der Waals surface area contributed by atoms with Gasteiger partial charge in [0.05, 0.1) is 18.1 Å². The van der Waals surface area contributed by atoms with Gasteiger partial charge in [0.1, 0.15) is 6.61 Å². The van der Waals surface area contributed by atoms with Crippen molar-refractivity contribution in [2.24, 2.45) is 0 Å². The Bertz CT molecular complexity index is 672. The van der Waals surface area contributed by atoms with E-state index in [-0.39, 0.29) is 0 Å². The van der Waals surface area contributed by atoms with Crippen LogP contribution in [0.15, 0.2) is 67.3 Å². The number of benzene rings is 1. The van der Waals surface area contributed by atoms with Gasteiger partial charge in [0.15, 0.2) is 0 Å². The number of pyridine rings is 1. The van der Waals surface area contributed by atoms with E-state index in [1.54, 1.807) is 24.8 Å². The second-order valence-corrected chi connectivity index (χ2v) is 4.26. The topological polar surface area (TPSA) is 47.9 Å². The number of hydrogen-bond acceptors (Lipinski definition) is 4. The minimum absolute atomic E-state index is 0.478. The summed E-state index contributed by atoms with van der Waals surface area (Å²) >= 11 is 0. The van der Waals surface area contributed by atoms with Crippen LogP contribution in [-0.2, 0) is 6.61 Å². The zero-order valence-corrected chi connectivity index (χ0v) is 10.8. The van der Waals surface area contributed by atoms with Crippen LogP contribution < -0.4 is 4.74 Å². The Hall–Kier alpha value is -2.75. The van der Waals surface area contributed by atoms with Gasteiger partial charge >= 0.3 is 0 Å². The van der Waals surface area contributed by atoms with Crippen LogP contribution in [0, 0.1) is 0 Å².